The molecule has 0 aliphatic heterocycles. The molecule has 3 rings (SSSR count). The fourth-order valence-corrected chi connectivity index (χ4v) is 3.55. The maximum absolute atomic E-state index is 12.4. The second kappa shape index (κ2) is 13.2. The molecule has 0 bridgehead atoms. The second-order valence-electron chi connectivity index (χ2n) is 8.55. The van der Waals surface area contributed by atoms with Crippen LogP contribution in [0.2, 0.25) is 0 Å². The fraction of sp³-hybridized carbons (Fsp3) is 0.300. The van der Waals surface area contributed by atoms with Crippen molar-refractivity contribution in [2.45, 2.75) is 59.0 Å². The van der Waals surface area contributed by atoms with Crippen molar-refractivity contribution in [3.8, 4) is 0 Å². The third-order valence-corrected chi connectivity index (χ3v) is 5.76. The molecule has 0 heterocycles. The fourth-order valence-electron chi connectivity index (χ4n) is 3.55. The lowest BCUT2D eigenvalue weighted by Gasteiger charge is -2.07. The molecule has 0 atom stereocenters. The number of hydrogen-bond acceptors (Lipinski definition) is 5. The Labute approximate surface area is 207 Å². The van der Waals surface area contributed by atoms with Crippen LogP contribution in [0.1, 0.15) is 87.3 Å². The Balaban J connectivity index is 1.49. The molecule has 0 aromatic heterocycles. The highest BCUT2D eigenvalue weighted by Gasteiger charge is 2.15. The molecular formula is C30H32O5. The first-order valence-corrected chi connectivity index (χ1v) is 12.2. The van der Waals surface area contributed by atoms with Gasteiger partial charge in [0.05, 0.1) is 16.7 Å². The molecule has 0 fully saturated rings. The third kappa shape index (κ3) is 7.92. The number of esters is 3. The molecular weight excluding hydrogens is 440 g/mol. The molecule has 0 N–H and O–H groups in total. The molecule has 0 amide bonds. The van der Waals surface area contributed by atoms with Crippen molar-refractivity contribution in [2.24, 2.45) is 0 Å². The van der Waals surface area contributed by atoms with Gasteiger partial charge in [0.15, 0.2) is 0 Å². The zero-order valence-electron chi connectivity index (χ0n) is 20.4. The van der Waals surface area contributed by atoms with E-state index in [-0.39, 0.29) is 12.2 Å². The van der Waals surface area contributed by atoms with Gasteiger partial charge in [-0.1, -0.05) is 63.1 Å². The van der Waals surface area contributed by atoms with Crippen LogP contribution in [0.3, 0.4) is 0 Å². The summed E-state index contributed by atoms with van der Waals surface area (Å²) in [6, 6.07) is 21.0. The van der Waals surface area contributed by atoms with Gasteiger partial charge in [0.1, 0.15) is 6.61 Å². The molecule has 0 saturated heterocycles. The van der Waals surface area contributed by atoms with Gasteiger partial charge in [0.2, 0.25) is 0 Å². The highest BCUT2D eigenvalue weighted by molar-refractivity contribution is 6.02. The Bertz CT molecular complexity index is 1110. The van der Waals surface area contributed by atoms with E-state index in [9.17, 15) is 14.4 Å². The minimum Gasteiger partial charge on any atom is -0.457 e. The normalized spacial score (nSPS) is 10.6. The molecule has 3 aromatic rings. The summed E-state index contributed by atoms with van der Waals surface area (Å²) < 4.78 is 10.4. The molecule has 0 aliphatic carbocycles. The van der Waals surface area contributed by atoms with E-state index < -0.39 is 17.9 Å². The number of benzene rings is 3. The van der Waals surface area contributed by atoms with E-state index >= 15 is 0 Å². The highest BCUT2D eigenvalue weighted by Crippen LogP contribution is 2.13. The summed E-state index contributed by atoms with van der Waals surface area (Å²) in [6.07, 6.45) is 6.39. The van der Waals surface area contributed by atoms with Gasteiger partial charge >= 0.3 is 17.9 Å². The predicted molar refractivity (Wildman–Crippen MR) is 135 cm³/mol. The standard InChI is InChI=1S/C30H32O5/c1-3-5-7-22-9-15-25(16-10-22)28(31)34-21-24-13-19-27(20-14-24)30(33)35-29(32)26-17-11-23(12-18-26)8-6-4-2/h9-20H,3-8,21H2,1-2H3. The van der Waals surface area contributed by atoms with Crippen LogP contribution in [-0.4, -0.2) is 17.9 Å². The lowest BCUT2D eigenvalue weighted by Crippen LogP contribution is -2.13. The minimum absolute atomic E-state index is 0.0784. The van der Waals surface area contributed by atoms with Crippen molar-refractivity contribution in [1.82, 2.24) is 0 Å². The van der Waals surface area contributed by atoms with Crippen molar-refractivity contribution >= 4 is 17.9 Å². The summed E-state index contributed by atoms with van der Waals surface area (Å²) in [5.41, 5.74) is 4.16. The predicted octanol–water partition coefficient (Wildman–Crippen LogP) is 6.73. The van der Waals surface area contributed by atoms with Gasteiger partial charge in [0, 0.05) is 0 Å². The monoisotopic (exact) mass is 472 g/mol. The molecule has 0 spiro atoms. The van der Waals surface area contributed by atoms with E-state index in [1.807, 2.05) is 24.3 Å². The molecule has 0 radical (unpaired) electrons. The van der Waals surface area contributed by atoms with E-state index in [4.69, 9.17) is 9.47 Å². The molecule has 182 valence electrons. The van der Waals surface area contributed by atoms with Crippen LogP contribution in [0, 0.1) is 0 Å². The number of rotatable bonds is 11. The Morgan fingerprint density at radius 3 is 1.31 bits per heavy atom. The number of unbranched alkanes of at least 4 members (excludes halogenated alkanes) is 2. The maximum Gasteiger partial charge on any atom is 0.346 e. The van der Waals surface area contributed by atoms with Crippen molar-refractivity contribution in [3.05, 3.63) is 106 Å². The van der Waals surface area contributed by atoms with Gasteiger partial charge in [-0.2, -0.15) is 0 Å². The largest absolute Gasteiger partial charge is 0.457 e. The van der Waals surface area contributed by atoms with Gasteiger partial charge in [-0.25, -0.2) is 14.4 Å². The van der Waals surface area contributed by atoms with E-state index in [2.05, 4.69) is 13.8 Å². The van der Waals surface area contributed by atoms with Gasteiger partial charge in [-0.3, -0.25) is 0 Å². The van der Waals surface area contributed by atoms with Crippen LogP contribution in [0.5, 0.6) is 0 Å². The van der Waals surface area contributed by atoms with Gasteiger partial charge < -0.3 is 9.47 Å². The molecule has 0 saturated carbocycles. The molecule has 5 heteroatoms. The topological polar surface area (TPSA) is 69.7 Å². The summed E-state index contributed by atoms with van der Waals surface area (Å²) in [7, 11) is 0. The number of carbonyl (C=O) groups excluding carboxylic acids is 3. The van der Waals surface area contributed by atoms with E-state index in [1.54, 1.807) is 48.5 Å². The summed E-state index contributed by atoms with van der Waals surface area (Å²) in [5, 5.41) is 0. The van der Waals surface area contributed by atoms with Crippen LogP contribution < -0.4 is 0 Å². The van der Waals surface area contributed by atoms with E-state index in [1.165, 1.54) is 5.56 Å². The van der Waals surface area contributed by atoms with Crippen molar-refractivity contribution < 1.29 is 23.9 Å². The second-order valence-corrected chi connectivity index (χ2v) is 8.55. The van der Waals surface area contributed by atoms with Crippen LogP contribution in [0.15, 0.2) is 72.8 Å². The summed E-state index contributed by atoms with van der Waals surface area (Å²) in [6.45, 7) is 4.36. The average molecular weight is 473 g/mol. The van der Waals surface area contributed by atoms with Crippen LogP contribution in [0.4, 0.5) is 0 Å². The molecule has 0 aliphatic rings. The van der Waals surface area contributed by atoms with Gasteiger partial charge in [-0.05, 0) is 78.8 Å². The number of hydrogen-bond donors (Lipinski definition) is 0. The van der Waals surface area contributed by atoms with Gasteiger partial charge in [0.25, 0.3) is 0 Å². The Morgan fingerprint density at radius 2 is 0.914 bits per heavy atom. The van der Waals surface area contributed by atoms with Crippen molar-refractivity contribution in [2.75, 3.05) is 0 Å². The third-order valence-electron chi connectivity index (χ3n) is 5.76. The van der Waals surface area contributed by atoms with Crippen LogP contribution in [0.25, 0.3) is 0 Å². The van der Waals surface area contributed by atoms with Crippen molar-refractivity contribution in [1.29, 1.82) is 0 Å². The summed E-state index contributed by atoms with van der Waals surface area (Å²) >= 11 is 0. The highest BCUT2D eigenvalue weighted by atomic mass is 16.6. The molecule has 5 nitrogen and oxygen atoms in total. The minimum atomic E-state index is -0.725. The lowest BCUT2D eigenvalue weighted by atomic mass is 10.1. The van der Waals surface area contributed by atoms with E-state index in [0.717, 1.165) is 49.7 Å². The zero-order valence-corrected chi connectivity index (χ0v) is 20.4. The Morgan fingerprint density at radius 1 is 0.543 bits per heavy atom. The van der Waals surface area contributed by atoms with Crippen molar-refractivity contribution in [3.63, 3.8) is 0 Å². The first-order chi connectivity index (χ1) is 17.0. The molecule has 35 heavy (non-hydrogen) atoms. The summed E-state index contributed by atoms with van der Waals surface area (Å²) in [4.78, 5) is 37.0. The molecule has 3 aromatic carbocycles. The Kier molecular flexibility index (Phi) is 9.79. The molecule has 0 unspecified atom stereocenters. The zero-order chi connectivity index (χ0) is 25.0. The SMILES string of the molecule is CCCCc1ccc(C(=O)OCc2ccc(C(=O)OC(=O)c3ccc(CCCC)cc3)cc2)cc1. The number of aryl methyl sites for hydroxylation is 2. The average Bonchev–Trinajstić information content (AvgIpc) is 2.90. The van der Waals surface area contributed by atoms with Crippen LogP contribution >= 0.6 is 0 Å². The number of carbonyl (C=O) groups is 3. The number of ether oxygens (including phenoxy) is 2. The maximum atomic E-state index is 12.4. The first-order valence-electron chi connectivity index (χ1n) is 12.2. The lowest BCUT2D eigenvalue weighted by molar-refractivity contribution is 0.0394. The van der Waals surface area contributed by atoms with Crippen LogP contribution in [-0.2, 0) is 28.9 Å². The quantitative estimate of drug-likeness (QED) is 0.229. The first kappa shape index (κ1) is 25.9. The van der Waals surface area contributed by atoms with E-state index in [0.29, 0.717) is 11.1 Å². The summed E-state index contributed by atoms with van der Waals surface area (Å²) in [5.74, 6) is -1.81. The van der Waals surface area contributed by atoms with Gasteiger partial charge in [-0.15, -0.1) is 0 Å². The Hall–Kier alpha value is -3.73. The smallest absolute Gasteiger partial charge is 0.346 e.